The van der Waals surface area contributed by atoms with Crippen LogP contribution < -0.4 is 0 Å². The van der Waals surface area contributed by atoms with E-state index in [1.807, 2.05) is 0 Å². The fourth-order valence-corrected chi connectivity index (χ4v) is 2.27. The number of rotatable bonds is 2. The molecule has 0 spiro atoms. The highest BCUT2D eigenvalue weighted by Crippen LogP contribution is 2.23. The van der Waals surface area contributed by atoms with Gasteiger partial charge in [-0.1, -0.05) is 12.1 Å². The number of nitrogens with zero attached hydrogens (tertiary/aromatic N) is 3. The molecule has 3 rings (SSSR count). The summed E-state index contributed by atoms with van der Waals surface area (Å²) in [6.07, 6.45) is 0.923. The zero-order valence-corrected chi connectivity index (χ0v) is 10.1. The predicted molar refractivity (Wildman–Crippen MR) is 64.9 cm³/mol. The molecule has 0 radical (unpaired) electrons. The number of aromatic nitrogens is 3. The molecule has 98 valence electrons. The maximum atomic E-state index is 13.2. The van der Waals surface area contributed by atoms with Crippen LogP contribution in [-0.4, -0.2) is 25.8 Å². The number of halogens is 1. The van der Waals surface area contributed by atoms with Gasteiger partial charge >= 0.3 is 5.97 Å². The number of carbonyl (C=O) groups is 1. The Morgan fingerprint density at radius 2 is 2.32 bits per heavy atom. The molecule has 0 amide bonds. The van der Waals surface area contributed by atoms with Crippen LogP contribution in [0.1, 0.15) is 12.2 Å². The molecule has 19 heavy (non-hydrogen) atoms. The van der Waals surface area contributed by atoms with Gasteiger partial charge in [0.1, 0.15) is 11.6 Å². The Kier molecular flexibility index (Phi) is 2.77. The highest BCUT2D eigenvalue weighted by molar-refractivity contribution is 5.70. The third-order valence-electron chi connectivity index (χ3n) is 3.30. The SMILES string of the molecule is O=C(O)C1CCn2nc(-c3cccc(F)c3)nc2C1. The molecular weight excluding hydrogens is 249 g/mol. The lowest BCUT2D eigenvalue weighted by atomic mass is 9.98. The maximum Gasteiger partial charge on any atom is 0.307 e. The predicted octanol–water partition coefficient (Wildman–Crippen LogP) is 1.73. The van der Waals surface area contributed by atoms with Crippen molar-refractivity contribution >= 4 is 5.97 Å². The minimum Gasteiger partial charge on any atom is -0.481 e. The molecule has 0 fully saturated rings. The number of aryl methyl sites for hydroxylation is 1. The van der Waals surface area contributed by atoms with Crippen molar-refractivity contribution in [2.45, 2.75) is 19.4 Å². The van der Waals surface area contributed by atoms with E-state index in [2.05, 4.69) is 10.1 Å². The van der Waals surface area contributed by atoms with Gasteiger partial charge in [0.25, 0.3) is 0 Å². The van der Waals surface area contributed by atoms with Gasteiger partial charge in [-0.05, 0) is 18.6 Å². The van der Waals surface area contributed by atoms with E-state index in [0.717, 1.165) is 0 Å². The van der Waals surface area contributed by atoms with Crippen LogP contribution in [0.15, 0.2) is 24.3 Å². The second kappa shape index (κ2) is 4.46. The summed E-state index contributed by atoms with van der Waals surface area (Å²) in [4.78, 5) is 15.3. The molecule has 1 N–H and O–H groups in total. The van der Waals surface area contributed by atoms with Gasteiger partial charge in [-0.3, -0.25) is 4.79 Å². The largest absolute Gasteiger partial charge is 0.481 e. The quantitative estimate of drug-likeness (QED) is 0.894. The Morgan fingerprint density at radius 1 is 1.47 bits per heavy atom. The third kappa shape index (κ3) is 2.21. The average molecular weight is 261 g/mol. The molecule has 0 saturated carbocycles. The van der Waals surface area contributed by atoms with E-state index in [-0.39, 0.29) is 5.82 Å². The molecule has 1 unspecified atom stereocenters. The summed E-state index contributed by atoms with van der Waals surface area (Å²) >= 11 is 0. The first-order valence-corrected chi connectivity index (χ1v) is 6.06. The third-order valence-corrected chi connectivity index (χ3v) is 3.30. The fourth-order valence-electron chi connectivity index (χ4n) is 2.27. The fraction of sp³-hybridized carbons (Fsp3) is 0.308. The Hall–Kier alpha value is -2.24. The molecule has 1 atom stereocenters. The van der Waals surface area contributed by atoms with Crippen LogP contribution in [0.5, 0.6) is 0 Å². The van der Waals surface area contributed by atoms with Crippen LogP contribution in [0.2, 0.25) is 0 Å². The van der Waals surface area contributed by atoms with Crippen molar-refractivity contribution in [3.63, 3.8) is 0 Å². The van der Waals surface area contributed by atoms with Gasteiger partial charge in [-0.25, -0.2) is 14.1 Å². The second-order valence-electron chi connectivity index (χ2n) is 4.61. The van der Waals surface area contributed by atoms with Crippen LogP contribution in [0.3, 0.4) is 0 Å². The Balaban J connectivity index is 1.93. The van der Waals surface area contributed by atoms with Crippen LogP contribution in [0, 0.1) is 11.7 Å². The van der Waals surface area contributed by atoms with Crippen LogP contribution >= 0.6 is 0 Å². The number of aliphatic carboxylic acids is 1. The van der Waals surface area contributed by atoms with Crippen LogP contribution in [0.25, 0.3) is 11.4 Å². The van der Waals surface area contributed by atoms with E-state index < -0.39 is 11.9 Å². The van der Waals surface area contributed by atoms with Crippen molar-refractivity contribution in [3.8, 4) is 11.4 Å². The summed E-state index contributed by atoms with van der Waals surface area (Å²) < 4.78 is 14.9. The first kappa shape index (κ1) is 11.8. The number of carboxylic acid groups (broad SMARTS) is 1. The lowest BCUT2D eigenvalue weighted by Gasteiger charge is -2.17. The molecule has 6 heteroatoms. The number of fused-ring (bicyclic) bond motifs is 1. The zero-order valence-electron chi connectivity index (χ0n) is 10.1. The standard InChI is InChI=1S/C13H12FN3O2/c14-10-3-1-2-8(6-10)12-15-11-7-9(13(18)19)4-5-17(11)16-12/h1-3,6,9H,4-5,7H2,(H,18,19). The molecule has 0 bridgehead atoms. The summed E-state index contributed by atoms with van der Waals surface area (Å²) in [7, 11) is 0. The summed E-state index contributed by atoms with van der Waals surface area (Å²) in [6.45, 7) is 0.536. The van der Waals surface area contributed by atoms with E-state index in [1.54, 1.807) is 16.8 Å². The number of carboxylic acids is 1. The Morgan fingerprint density at radius 3 is 3.05 bits per heavy atom. The van der Waals surface area contributed by atoms with Crippen LogP contribution in [0.4, 0.5) is 4.39 Å². The van der Waals surface area contributed by atoms with Crippen molar-refractivity contribution in [2.24, 2.45) is 5.92 Å². The molecule has 1 aliphatic heterocycles. The number of benzene rings is 1. The van der Waals surface area contributed by atoms with E-state index in [4.69, 9.17) is 5.11 Å². The summed E-state index contributed by atoms with van der Waals surface area (Å²) in [5.41, 5.74) is 0.605. The van der Waals surface area contributed by atoms with Crippen molar-refractivity contribution in [1.29, 1.82) is 0 Å². The average Bonchev–Trinajstić information content (AvgIpc) is 2.81. The lowest BCUT2D eigenvalue weighted by molar-refractivity contribution is -0.142. The smallest absolute Gasteiger partial charge is 0.307 e. The monoisotopic (exact) mass is 261 g/mol. The number of hydrogen-bond acceptors (Lipinski definition) is 3. The van der Waals surface area contributed by atoms with E-state index in [1.165, 1.54) is 12.1 Å². The molecule has 1 aromatic carbocycles. The minimum atomic E-state index is -0.804. The van der Waals surface area contributed by atoms with Gasteiger partial charge in [0.05, 0.1) is 5.92 Å². The molecule has 1 aromatic heterocycles. The molecule has 1 aliphatic rings. The molecular formula is C13H12FN3O2. The second-order valence-corrected chi connectivity index (χ2v) is 4.61. The maximum absolute atomic E-state index is 13.2. The van der Waals surface area contributed by atoms with Gasteiger partial charge in [0, 0.05) is 18.5 Å². The van der Waals surface area contributed by atoms with Gasteiger partial charge in [0.2, 0.25) is 0 Å². The Bertz CT molecular complexity index is 639. The summed E-state index contributed by atoms with van der Waals surface area (Å²) in [6, 6.07) is 6.07. The van der Waals surface area contributed by atoms with E-state index in [9.17, 15) is 9.18 Å². The van der Waals surface area contributed by atoms with Crippen molar-refractivity contribution in [3.05, 3.63) is 35.9 Å². The first-order chi connectivity index (χ1) is 9.13. The van der Waals surface area contributed by atoms with Crippen molar-refractivity contribution < 1.29 is 14.3 Å². The molecule has 2 aromatic rings. The van der Waals surface area contributed by atoms with Gasteiger partial charge in [-0.2, -0.15) is 5.10 Å². The highest BCUT2D eigenvalue weighted by atomic mass is 19.1. The normalized spacial score (nSPS) is 18.1. The lowest BCUT2D eigenvalue weighted by Crippen LogP contribution is -2.26. The summed E-state index contributed by atoms with van der Waals surface area (Å²) in [5, 5.41) is 13.3. The van der Waals surface area contributed by atoms with Crippen molar-refractivity contribution in [2.75, 3.05) is 0 Å². The highest BCUT2D eigenvalue weighted by Gasteiger charge is 2.26. The molecule has 0 saturated heterocycles. The van der Waals surface area contributed by atoms with Crippen LogP contribution in [-0.2, 0) is 17.8 Å². The molecule has 5 nitrogen and oxygen atoms in total. The topological polar surface area (TPSA) is 68.0 Å². The minimum absolute atomic E-state index is 0.339. The molecule has 2 heterocycles. The number of hydrogen-bond donors (Lipinski definition) is 1. The van der Waals surface area contributed by atoms with Gasteiger partial charge < -0.3 is 5.11 Å². The van der Waals surface area contributed by atoms with Gasteiger partial charge in [-0.15, -0.1) is 0 Å². The zero-order chi connectivity index (χ0) is 13.4. The van der Waals surface area contributed by atoms with E-state index in [0.29, 0.717) is 36.6 Å². The van der Waals surface area contributed by atoms with Gasteiger partial charge in [0.15, 0.2) is 5.82 Å². The van der Waals surface area contributed by atoms with Crippen molar-refractivity contribution in [1.82, 2.24) is 14.8 Å². The first-order valence-electron chi connectivity index (χ1n) is 6.06. The Labute approximate surface area is 108 Å². The van der Waals surface area contributed by atoms with E-state index >= 15 is 0 Å². The molecule has 0 aliphatic carbocycles. The summed E-state index contributed by atoms with van der Waals surface area (Å²) in [5.74, 6) is -0.453.